The molecule has 0 bridgehead atoms. The second kappa shape index (κ2) is 12.8. The number of hydrogen-bond acceptors (Lipinski definition) is 6. The Morgan fingerprint density at radius 2 is 1.38 bits per heavy atom. The first-order valence-corrected chi connectivity index (χ1v) is 14.6. The third-order valence-corrected chi connectivity index (χ3v) is 8.26. The van der Waals surface area contributed by atoms with E-state index in [0.717, 1.165) is 51.4 Å². The van der Waals surface area contributed by atoms with Crippen LogP contribution in [0.15, 0.2) is 54.6 Å². The van der Waals surface area contributed by atoms with E-state index in [1.807, 2.05) is 0 Å². The van der Waals surface area contributed by atoms with E-state index < -0.39 is 65.5 Å². The number of benzene rings is 3. The molecular formula is C30H21F11N6S. The number of nitrogens with zero attached hydrogens (tertiary/aromatic N) is 6. The van der Waals surface area contributed by atoms with Crippen LogP contribution in [0.2, 0.25) is 0 Å². The summed E-state index contributed by atoms with van der Waals surface area (Å²) >= 11 is 1.01. The molecule has 3 aromatic carbocycles. The Bertz CT molecular complexity index is 1910. The Labute approximate surface area is 268 Å². The van der Waals surface area contributed by atoms with E-state index >= 15 is 0 Å². The van der Waals surface area contributed by atoms with Crippen LogP contribution in [0, 0.1) is 11.6 Å². The summed E-state index contributed by atoms with van der Waals surface area (Å²) in [6, 6.07) is 6.42. The zero-order valence-electron chi connectivity index (χ0n) is 24.6. The predicted octanol–water partition coefficient (Wildman–Crippen LogP) is 9.10. The normalized spacial score (nSPS) is 12.5. The molecular weight excluding hydrogens is 685 g/mol. The highest BCUT2D eigenvalue weighted by Gasteiger charge is 2.37. The summed E-state index contributed by atoms with van der Waals surface area (Å²) in [5, 5.41) is 11.5. The van der Waals surface area contributed by atoms with Crippen molar-refractivity contribution in [1.29, 1.82) is 0 Å². The van der Waals surface area contributed by atoms with Gasteiger partial charge >= 0.3 is 18.5 Å². The Hall–Kier alpha value is -4.61. The molecule has 6 nitrogen and oxygen atoms in total. The summed E-state index contributed by atoms with van der Waals surface area (Å²) in [6.45, 7) is 0.439. The van der Waals surface area contributed by atoms with Gasteiger partial charge in [0.2, 0.25) is 0 Å². The molecule has 0 aliphatic carbocycles. The summed E-state index contributed by atoms with van der Waals surface area (Å²) in [7, 11) is 1.33. The van der Waals surface area contributed by atoms with Gasteiger partial charge in [0.1, 0.15) is 16.6 Å². The lowest BCUT2D eigenvalue weighted by molar-refractivity contribution is -0.143. The SMILES string of the molecule is CCc1sc(-c2ccc(F)cc2F)nc1-c1ccc(C(F)(F)F)cc1CN(Cc1cc(C(F)(F)F)cc(C(F)(F)F)c1)c1nnn(C)n1. The van der Waals surface area contributed by atoms with Crippen molar-refractivity contribution in [2.45, 2.75) is 45.0 Å². The first kappa shape index (κ1) is 34.7. The van der Waals surface area contributed by atoms with Crippen molar-refractivity contribution < 1.29 is 48.3 Å². The number of alkyl halides is 9. The monoisotopic (exact) mass is 706 g/mol. The molecule has 0 spiro atoms. The van der Waals surface area contributed by atoms with Crippen LogP contribution in [-0.4, -0.2) is 25.2 Å². The zero-order chi connectivity index (χ0) is 35.2. The molecule has 0 saturated heterocycles. The summed E-state index contributed by atoms with van der Waals surface area (Å²) in [5.74, 6) is -2.07. The third kappa shape index (κ3) is 7.58. The highest BCUT2D eigenvalue weighted by atomic mass is 32.1. The number of anilines is 1. The lowest BCUT2D eigenvalue weighted by Crippen LogP contribution is -2.25. The van der Waals surface area contributed by atoms with Gasteiger partial charge in [-0.3, -0.25) is 0 Å². The fourth-order valence-electron chi connectivity index (χ4n) is 4.85. The van der Waals surface area contributed by atoms with Gasteiger partial charge in [0.05, 0.1) is 29.4 Å². The van der Waals surface area contributed by atoms with E-state index in [0.29, 0.717) is 23.1 Å². The molecule has 0 unspecified atom stereocenters. The first-order chi connectivity index (χ1) is 22.3. The molecule has 18 heteroatoms. The number of thiazole rings is 1. The van der Waals surface area contributed by atoms with Crippen molar-refractivity contribution >= 4 is 17.3 Å². The van der Waals surface area contributed by atoms with E-state index in [1.165, 1.54) is 7.05 Å². The van der Waals surface area contributed by atoms with Crippen LogP contribution >= 0.6 is 11.3 Å². The highest BCUT2D eigenvalue weighted by molar-refractivity contribution is 7.15. The van der Waals surface area contributed by atoms with Gasteiger partial charge in [-0.05, 0) is 65.2 Å². The van der Waals surface area contributed by atoms with Crippen molar-refractivity contribution in [3.63, 3.8) is 0 Å². The molecule has 5 rings (SSSR count). The van der Waals surface area contributed by atoms with Crippen LogP contribution in [0.25, 0.3) is 21.8 Å². The molecule has 2 aromatic heterocycles. The Morgan fingerprint density at radius 1 is 0.750 bits per heavy atom. The molecule has 0 aliphatic rings. The maximum Gasteiger partial charge on any atom is 0.416 e. The highest BCUT2D eigenvalue weighted by Crippen LogP contribution is 2.41. The first-order valence-electron chi connectivity index (χ1n) is 13.8. The minimum Gasteiger partial charge on any atom is -0.330 e. The van der Waals surface area contributed by atoms with Gasteiger partial charge in [-0.1, -0.05) is 18.1 Å². The number of aromatic nitrogens is 5. The minimum atomic E-state index is -5.15. The zero-order valence-corrected chi connectivity index (χ0v) is 25.4. The molecule has 0 fully saturated rings. The predicted molar refractivity (Wildman–Crippen MR) is 152 cm³/mol. The molecule has 48 heavy (non-hydrogen) atoms. The topological polar surface area (TPSA) is 59.7 Å². The maximum atomic E-state index is 14.7. The standard InChI is InChI=1S/C30H21F11N6S/c1-3-24-25(42-26(48-24)22-7-5-20(31)12-23(22)32)21-6-4-17(28(33,34)35)10-16(21)14-47(27-43-45-46(2)44-27)13-15-8-18(29(36,37)38)11-19(9-15)30(39,40)41/h4-12H,3,13-14H2,1-2H3. The van der Waals surface area contributed by atoms with E-state index in [-0.39, 0.29) is 45.8 Å². The van der Waals surface area contributed by atoms with Gasteiger partial charge in [-0.15, -0.1) is 16.4 Å². The fourth-order valence-corrected chi connectivity index (χ4v) is 5.89. The van der Waals surface area contributed by atoms with Crippen molar-refractivity contribution in [2.75, 3.05) is 4.90 Å². The second-order valence-electron chi connectivity index (χ2n) is 10.5. The van der Waals surface area contributed by atoms with Crippen molar-refractivity contribution in [2.24, 2.45) is 7.05 Å². The molecule has 2 heterocycles. The molecule has 254 valence electrons. The number of rotatable bonds is 8. The molecule has 5 aromatic rings. The molecule has 0 aliphatic heterocycles. The second-order valence-corrected chi connectivity index (χ2v) is 11.6. The number of hydrogen-bond donors (Lipinski definition) is 0. The van der Waals surface area contributed by atoms with E-state index in [4.69, 9.17) is 0 Å². The van der Waals surface area contributed by atoms with Gasteiger partial charge in [0.15, 0.2) is 0 Å². The number of tetrazole rings is 1. The largest absolute Gasteiger partial charge is 0.416 e. The molecule has 0 atom stereocenters. The van der Waals surface area contributed by atoms with E-state index in [2.05, 4.69) is 20.4 Å². The number of halogens is 11. The molecule has 0 radical (unpaired) electrons. The summed E-state index contributed by atoms with van der Waals surface area (Å²) in [6.07, 6.45) is -14.9. The van der Waals surface area contributed by atoms with Crippen LogP contribution in [0.1, 0.15) is 39.6 Å². The van der Waals surface area contributed by atoms with Crippen LogP contribution in [0.3, 0.4) is 0 Å². The molecule has 0 saturated carbocycles. The average molecular weight is 707 g/mol. The lowest BCUT2D eigenvalue weighted by atomic mass is 9.98. The minimum absolute atomic E-state index is 0.0463. The van der Waals surface area contributed by atoms with Crippen LogP contribution in [-0.2, 0) is 45.1 Å². The average Bonchev–Trinajstić information content (AvgIpc) is 3.61. The lowest BCUT2D eigenvalue weighted by Gasteiger charge is -2.24. The van der Waals surface area contributed by atoms with Crippen molar-refractivity contribution in [3.8, 4) is 21.8 Å². The van der Waals surface area contributed by atoms with E-state index in [9.17, 15) is 48.3 Å². The maximum absolute atomic E-state index is 14.7. The quantitative estimate of drug-likeness (QED) is 0.151. The molecule has 0 N–H and O–H groups in total. The number of aryl methyl sites for hydroxylation is 2. The summed E-state index contributed by atoms with van der Waals surface area (Å²) in [5.41, 5.74) is -4.68. The summed E-state index contributed by atoms with van der Waals surface area (Å²) in [4.78, 5) is 6.99. The fraction of sp³-hybridized carbons (Fsp3) is 0.267. The van der Waals surface area contributed by atoms with Crippen LogP contribution in [0.5, 0.6) is 0 Å². The van der Waals surface area contributed by atoms with Gasteiger partial charge in [0.25, 0.3) is 5.95 Å². The summed E-state index contributed by atoms with van der Waals surface area (Å²) < 4.78 is 152. The van der Waals surface area contributed by atoms with Gasteiger partial charge in [-0.25, -0.2) is 13.8 Å². The van der Waals surface area contributed by atoms with Crippen LogP contribution < -0.4 is 4.90 Å². The van der Waals surface area contributed by atoms with E-state index in [1.54, 1.807) is 6.92 Å². The van der Waals surface area contributed by atoms with Crippen molar-refractivity contribution in [3.05, 3.63) is 98.9 Å². The van der Waals surface area contributed by atoms with Gasteiger partial charge < -0.3 is 4.90 Å². The Kier molecular flexibility index (Phi) is 9.24. The Balaban J connectivity index is 1.66. The van der Waals surface area contributed by atoms with Gasteiger partial charge in [-0.2, -0.15) is 44.3 Å². The molecule has 0 amide bonds. The van der Waals surface area contributed by atoms with Gasteiger partial charge in [0, 0.05) is 35.2 Å². The van der Waals surface area contributed by atoms with Crippen LogP contribution in [0.4, 0.5) is 54.2 Å². The Morgan fingerprint density at radius 3 is 1.92 bits per heavy atom. The smallest absolute Gasteiger partial charge is 0.330 e. The van der Waals surface area contributed by atoms with Crippen molar-refractivity contribution in [1.82, 2.24) is 25.2 Å². The third-order valence-electron chi connectivity index (χ3n) is 7.03.